The van der Waals surface area contributed by atoms with Gasteiger partial charge in [0.25, 0.3) is 5.91 Å². The zero-order chi connectivity index (χ0) is 20.5. The summed E-state index contributed by atoms with van der Waals surface area (Å²) in [6, 6.07) is -2.37. The van der Waals surface area contributed by atoms with Crippen molar-refractivity contribution < 1.29 is 24.0 Å². The van der Waals surface area contributed by atoms with Crippen molar-refractivity contribution in [3.63, 3.8) is 0 Å². The number of primary amides is 1. The summed E-state index contributed by atoms with van der Waals surface area (Å²) < 4.78 is 0. The molecule has 2 aliphatic heterocycles. The number of amides is 5. The van der Waals surface area contributed by atoms with Crippen LogP contribution in [0.25, 0.3) is 0 Å². The van der Waals surface area contributed by atoms with Crippen LogP contribution in [0.5, 0.6) is 0 Å². The number of carbonyl (C=O) groups excluding carboxylic acids is 5. The molecule has 5 amide bonds. The van der Waals surface area contributed by atoms with E-state index >= 15 is 0 Å². The Morgan fingerprint density at radius 2 is 1.85 bits per heavy atom. The maximum atomic E-state index is 12.7. The molecule has 0 spiro atoms. The zero-order valence-corrected chi connectivity index (χ0v) is 15.8. The third kappa shape index (κ3) is 5.16. The van der Waals surface area contributed by atoms with Crippen LogP contribution in [0.1, 0.15) is 27.7 Å². The van der Waals surface area contributed by atoms with Gasteiger partial charge in [-0.1, -0.05) is 0 Å². The Labute approximate surface area is 156 Å². The predicted octanol–water partition coefficient (Wildman–Crippen LogP) is -2.81. The van der Waals surface area contributed by atoms with Gasteiger partial charge in [-0.3, -0.25) is 19.2 Å². The van der Waals surface area contributed by atoms with Crippen LogP contribution in [-0.2, 0) is 19.2 Å². The molecule has 0 saturated carbocycles. The Kier molecular flexibility index (Phi) is 5.73. The largest absolute Gasteiger partial charge is 0.363 e. The number of fused-ring (bicyclic) bond motifs is 1. The van der Waals surface area contributed by atoms with Gasteiger partial charge in [0.1, 0.15) is 12.1 Å². The van der Waals surface area contributed by atoms with Gasteiger partial charge in [0.05, 0.1) is 12.6 Å². The molecule has 150 valence electrons. The normalized spacial score (nSPS) is 24.4. The summed E-state index contributed by atoms with van der Waals surface area (Å²) in [5, 5.41) is 10.7. The molecule has 2 heterocycles. The second kappa shape index (κ2) is 7.51. The molecule has 11 nitrogen and oxygen atoms in total. The summed E-state index contributed by atoms with van der Waals surface area (Å²) in [5.74, 6) is -3.02. The Bertz CT molecular complexity index is 673. The first-order valence-electron chi connectivity index (χ1n) is 8.66. The van der Waals surface area contributed by atoms with Crippen LogP contribution in [0.4, 0.5) is 4.79 Å². The number of hydrogen-bond acceptors (Lipinski definition) is 6. The standard InChI is InChI=1S/C16H26N6O5/c1-7(19-15(27)21-16(2,3)4)14(26)22-6-8-10(20-8)11(22)13(25)18-5-9(23)12(17)24/h7-8,10-11,20H,5-6H2,1-4H3,(H2,17,24)(H,18,25)(H2,19,21,27). The van der Waals surface area contributed by atoms with Crippen LogP contribution < -0.4 is 27.0 Å². The van der Waals surface area contributed by atoms with E-state index in [1.807, 2.05) is 20.8 Å². The molecule has 4 atom stereocenters. The quantitative estimate of drug-likeness (QED) is 0.245. The van der Waals surface area contributed by atoms with Gasteiger partial charge in [0.2, 0.25) is 17.6 Å². The van der Waals surface area contributed by atoms with Crippen molar-refractivity contribution in [2.75, 3.05) is 13.1 Å². The summed E-state index contributed by atoms with van der Waals surface area (Å²) in [6.45, 7) is 6.77. The summed E-state index contributed by atoms with van der Waals surface area (Å²) in [6.07, 6.45) is 0. The highest BCUT2D eigenvalue weighted by Crippen LogP contribution is 2.29. The van der Waals surface area contributed by atoms with Crippen LogP contribution in [0.2, 0.25) is 0 Å². The van der Waals surface area contributed by atoms with E-state index in [9.17, 15) is 24.0 Å². The van der Waals surface area contributed by atoms with E-state index in [-0.39, 0.29) is 12.1 Å². The number of nitrogens with one attached hydrogen (secondary N) is 4. The smallest absolute Gasteiger partial charge is 0.315 e. The Balaban J connectivity index is 1.96. The average molecular weight is 382 g/mol. The number of ketones is 1. The maximum Gasteiger partial charge on any atom is 0.315 e. The van der Waals surface area contributed by atoms with Gasteiger partial charge in [-0.2, -0.15) is 0 Å². The lowest BCUT2D eigenvalue weighted by Gasteiger charge is -2.30. The molecule has 2 saturated heterocycles. The molecule has 27 heavy (non-hydrogen) atoms. The molecule has 11 heteroatoms. The van der Waals surface area contributed by atoms with E-state index in [1.165, 1.54) is 11.8 Å². The summed E-state index contributed by atoms with van der Waals surface area (Å²) in [5.41, 5.74) is 4.40. The van der Waals surface area contributed by atoms with Crippen molar-refractivity contribution in [3.8, 4) is 0 Å². The van der Waals surface area contributed by atoms with Gasteiger partial charge >= 0.3 is 6.03 Å². The highest BCUT2D eigenvalue weighted by atomic mass is 16.2. The number of carbonyl (C=O) groups is 5. The SMILES string of the molecule is CC(NC(=O)NC(C)(C)C)C(=O)N1CC2NC2C1C(=O)NCC(=O)C(N)=O. The molecule has 0 aromatic heterocycles. The predicted molar refractivity (Wildman–Crippen MR) is 94.3 cm³/mol. The molecule has 4 unspecified atom stereocenters. The van der Waals surface area contributed by atoms with Crippen LogP contribution in [0.15, 0.2) is 0 Å². The van der Waals surface area contributed by atoms with Crippen LogP contribution >= 0.6 is 0 Å². The minimum atomic E-state index is -1.14. The molecule has 0 aromatic rings. The second-order valence-corrected chi connectivity index (χ2v) is 7.81. The molecule has 2 aliphatic rings. The van der Waals surface area contributed by atoms with Crippen molar-refractivity contribution >= 4 is 29.5 Å². The number of urea groups is 1. The summed E-state index contributed by atoms with van der Waals surface area (Å²) >= 11 is 0. The first kappa shape index (κ1) is 20.6. The maximum absolute atomic E-state index is 12.7. The highest BCUT2D eigenvalue weighted by molar-refractivity contribution is 6.36. The number of likely N-dealkylation sites (tertiary alicyclic amines) is 1. The first-order valence-corrected chi connectivity index (χ1v) is 8.66. The number of nitrogens with two attached hydrogens (primary N) is 1. The summed E-state index contributed by atoms with van der Waals surface area (Å²) in [4.78, 5) is 60.5. The third-order valence-corrected chi connectivity index (χ3v) is 4.26. The monoisotopic (exact) mass is 382 g/mol. The average Bonchev–Trinajstić information content (AvgIpc) is 3.19. The molecule has 0 radical (unpaired) electrons. The van der Waals surface area contributed by atoms with Gasteiger partial charge in [0.15, 0.2) is 0 Å². The molecule has 2 fully saturated rings. The van der Waals surface area contributed by atoms with Crippen molar-refractivity contribution in [3.05, 3.63) is 0 Å². The molecule has 0 bridgehead atoms. The lowest BCUT2D eigenvalue weighted by molar-refractivity contribution is -0.141. The van der Waals surface area contributed by atoms with Crippen LogP contribution in [0.3, 0.4) is 0 Å². The van der Waals surface area contributed by atoms with Gasteiger partial charge in [0, 0.05) is 18.1 Å². The van der Waals surface area contributed by atoms with Crippen molar-refractivity contribution in [1.29, 1.82) is 0 Å². The molecular formula is C16H26N6O5. The molecular weight excluding hydrogens is 356 g/mol. The van der Waals surface area contributed by atoms with Crippen molar-refractivity contribution in [2.45, 2.75) is 57.4 Å². The lowest BCUT2D eigenvalue weighted by atomic mass is 10.1. The minimum Gasteiger partial charge on any atom is -0.363 e. The van der Waals surface area contributed by atoms with E-state index in [2.05, 4.69) is 21.3 Å². The fourth-order valence-corrected chi connectivity index (χ4v) is 2.96. The number of Topliss-reactive ketones (excluding diaryl/α,β-unsaturated/α-hetero) is 1. The lowest BCUT2D eigenvalue weighted by Crippen LogP contribution is -2.58. The fourth-order valence-electron chi connectivity index (χ4n) is 2.96. The van der Waals surface area contributed by atoms with Crippen LogP contribution in [-0.4, -0.2) is 77.2 Å². The van der Waals surface area contributed by atoms with Gasteiger partial charge < -0.3 is 31.9 Å². The third-order valence-electron chi connectivity index (χ3n) is 4.26. The summed E-state index contributed by atoms with van der Waals surface area (Å²) in [7, 11) is 0. The van der Waals surface area contributed by atoms with E-state index in [1.54, 1.807) is 0 Å². The molecule has 0 aliphatic carbocycles. The zero-order valence-electron chi connectivity index (χ0n) is 15.8. The van der Waals surface area contributed by atoms with E-state index in [0.717, 1.165) is 0 Å². The number of nitrogens with zero attached hydrogens (tertiary/aromatic N) is 1. The Morgan fingerprint density at radius 3 is 2.41 bits per heavy atom. The molecule has 0 aromatic carbocycles. The topological polar surface area (TPSA) is 173 Å². The van der Waals surface area contributed by atoms with Crippen molar-refractivity contribution in [2.24, 2.45) is 5.73 Å². The van der Waals surface area contributed by atoms with Gasteiger partial charge in [-0.15, -0.1) is 0 Å². The highest BCUT2D eigenvalue weighted by Gasteiger charge is 2.57. The number of rotatable bonds is 6. The Morgan fingerprint density at radius 1 is 1.22 bits per heavy atom. The fraction of sp³-hybridized carbons (Fsp3) is 0.688. The second-order valence-electron chi connectivity index (χ2n) is 7.81. The van der Waals surface area contributed by atoms with E-state index < -0.39 is 53.7 Å². The van der Waals surface area contributed by atoms with Crippen LogP contribution in [0, 0.1) is 0 Å². The number of piperazine rings is 1. The van der Waals surface area contributed by atoms with E-state index in [4.69, 9.17) is 5.73 Å². The van der Waals surface area contributed by atoms with Gasteiger partial charge in [-0.25, -0.2) is 4.79 Å². The first-order chi connectivity index (χ1) is 12.4. The van der Waals surface area contributed by atoms with Crippen molar-refractivity contribution in [1.82, 2.24) is 26.2 Å². The molecule has 6 N–H and O–H groups in total. The Hall–Kier alpha value is -2.69. The molecule has 2 rings (SSSR count). The number of hydrogen-bond donors (Lipinski definition) is 5. The minimum absolute atomic E-state index is 0.00727. The van der Waals surface area contributed by atoms with E-state index in [0.29, 0.717) is 6.54 Å². The van der Waals surface area contributed by atoms with Gasteiger partial charge in [-0.05, 0) is 27.7 Å².